The van der Waals surface area contributed by atoms with Gasteiger partial charge in [0.15, 0.2) is 11.5 Å². The molecule has 8 heteroatoms. The summed E-state index contributed by atoms with van der Waals surface area (Å²) >= 11 is 0. The van der Waals surface area contributed by atoms with E-state index in [2.05, 4.69) is 15.0 Å². The molecular weight excluding hydrogens is 346 g/mol. The van der Waals surface area contributed by atoms with Crippen molar-refractivity contribution in [3.05, 3.63) is 42.5 Å². The molecule has 5 rings (SSSR count). The number of methoxy groups -OCH3 is 1. The summed E-state index contributed by atoms with van der Waals surface area (Å²) in [7, 11) is 1.65. The maximum Gasteiger partial charge on any atom is 0.165 e. The van der Waals surface area contributed by atoms with E-state index in [0.717, 1.165) is 17.7 Å². The Morgan fingerprint density at radius 1 is 1.22 bits per heavy atom. The van der Waals surface area contributed by atoms with E-state index in [9.17, 15) is 5.11 Å². The van der Waals surface area contributed by atoms with E-state index in [1.165, 1.54) is 6.33 Å². The van der Waals surface area contributed by atoms with Gasteiger partial charge in [-0.1, -0.05) is 12.1 Å². The first-order valence-electron chi connectivity index (χ1n) is 8.99. The number of nitrogen functional groups attached to an aromatic ring is 1. The van der Waals surface area contributed by atoms with E-state index >= 15 is 0 Å². The molecular formula is C19H21N5O3. The van der Waals surface area contributed by atoms with Crippen LogP contribution < -0.4 is 10.5 Å². The van der Waals surface area contributed by atoms with E-state index in [4.69, 9.17) is 15.2 Å². The molecule has 2 aliphatic rings. The highest BCUT2D eigenvalue weighted by Crippen LogP contribution is 2.61. The number of hydrogen-bond acceptors (Lipinski definition) is 7. The van der Waals surface area contributed by atoms with E-state index in [1.807, 2.05) is 28.8 Å². The fourth-order valence-electron chi connectivity index (χ4n) is 4.27. The Balaban J connectivity index is 1.40. The lowest BCUT2D eigenvalue weighted by molar-refractivity contribution is -0.00134. The van der Waals surface area contributed by atoms with Crippen LogP contribution >= 0.6 is 0 Å². The molecule has 8 nitrogen and oxygen atoms in total. The number of hydrogen-bond donors (Lipinski definition) is 2. The lowest BCUT2D eigenvalue weighted by Gasteiger charge is -2.24. The lowest BCUT2D eigenvalue weighted by Crippen LogP contribution is -2.25. The molecule has 2 aromatic heterocycles. The fraction of sp³-hybridized carbons (Fsp3) is 0.421. The Morgan fingerprint density at radius 2 is 2.04 bits per heavy atom. The van der Waals surface area contributed by atoms with Crippen LogP contribution in [-0.4, -0.2) is 43.4 Å². The van der Waals surface area contributed by atoms with Crippen LogP contribution in [0.5, 0.6) is 5.75 Å². The van der Waals surface area contributed by atoms with Gasteiger partial charge in [-0.05, 0) is 24.1 Å². The monoisotopic (exact) mass is 367 g/mol. The zero-order chi connectivity index (χ0) is 18.6. The number of anilines is 1. The summed E-state index contributed by atoms with van der Waals surface area (Å²) in [6, 6.07) is 7.78. The summed E-state index contributed by atoms with van der Waals surface area (Å²) in [5, 5.41) is 10.7. The van der Waals surface area contributed by atoms with Crippen LogP contribution in [0.1, 0.15) is 24.4 Å². The predicted molar refractivity (Wildman–Crippen MR) is 98.0 cm³/mol. The zero-order valence-electron chi connectivity index (χ0n) is 14.9. The molecule has 2 saturated carbocycles. The van der Waals surface area contributed by atoms with Gasteiger partial charge in [0.25, 0.3) is 0 Å². The highest BCUT2D eigenvalue weighted by molar-refractivity contribution is 5.81. The summed E-state index contributed by atoms with van der Waals surface area (Å²) in [4.78, 5) is 12.7. The third kappa shape index (κ3) is 2.64. The van der Waals surface area contributed by atoms with Crippen molar-refractivity contribution in [2.24, 2.45) is 5.92 Å². The number of nitrogens with two attached hydrogens (primary N) is 1. The van der Waals surface area contributed by atoms with E-state index in [0.29, 0.717) is 30.0 Å². The van der Waals surface area contributed by atoms with Gasteiger partial charge in [-0.25, -0.2) is 15.0 Å². The minimum Gasteiger partial charge on any atom is -0.497 e. The minimum atomic E-state index is -0.648. The molecule has 4 atom stereocenters. The van der Waals surface area contributed by atoms with Crippen LogP contribution in [0.25, 0.3) is 11.2 Å². The van der Waals surface area contributed by atoms with Gasteiger partial charge in [0, 0.05) is 12.3 Å². The minimum absolute atomic E-state index is 0.0208. The molecule has 0 bridgehead atoms. The van der Waals surface area contributed by atoms with Crippen LogP contribution in [0.2, 0.25) is 0 Å². The van der Waals surface area contributed by atoms with Crippen LogP contribution in [0.4, 0.5) is 5.82 Å². The second-order valence-corrected chi connectivity index (χ2v) is 7.39. The number of aromatic nitrogens is 4. The molecule has 0 radical (unpaired) electrons. The number of imidazole rings is 1. The average Bonchev–Trinajstić information content (AvgIpc) is 3.01. The van der Waals surface area contributed by atoms with Gasteiger partial charge in [-0.2, -0.15) is 0 Å². The number of ether oxygens (including phenoxy) is 2. The highest BCUT2D eigenvalue weighted by atomic mass is 16.5. The van der Waals surface area contributed by atoms with E-state index < -0.39 is 5.60 Å². The van der Waals surface area contributed by atoms with Gasteiger partial charge in [0.1, 0.15) is 17.6 Å². The molecule has 2 heterocycles. The Bertz CT molecular complexity index is 989. The van der Waals surface area contributed by atoms with Crippen molar-refractivity contribution >= 4 is 17.0 Å². The van der Waals surface area contributed by atoms with Gasteiger partial charge in [0.05, 0.1) is 37.8 Å². The molecule has 140 valence electrons. The summed E-state index contributed by atoms with van der Waals surface area (Å²) < 4.78 is 13.4. The van der Waals surface area contributed by atoms with Crippen molar-refractivity contribution in [3.63, 3.8) is 0 Å². The van der Waals surface area contributed by atoms with Gasteiger partial charge in [0.2, 0.25) is 0 Å². The molecule has 27 heavy (non-hydrogen) atoms. The van der Waals surface area contributed by atoms with Crippen molar-refractivity contribution in [3.8, 4) is 5.75 Å². The Morgan fingerprint density at radius 3 is 2.81 bits per heavy atom. The van der Waals surface area contributed by atoms with Crippen LogP contribution in [0.15, 0.2) is 36.9 Å². The topological polar surface area (TPSA) is 108 Å². The second-order valence-electron chi connectivity index (χ2n) is 7.39. The molecule has 0 amide bonds. The Kier molecular flexibility index (Phi) is 3.60. The zero-order valence-corrected chi connectivity index (χ0v) is 14.9. The second kappa shape index (κ2) is 5.90. The maximum absolute atomic E-state index is 10.7. The van der Waals surface area contributed by atoms with Crippen LogP contribution in [-0.2, 0) is 11.3 Å². The number of benzene rings is 1. The lowest BCUT2D eigenvalue weighted by atomic mass is 10.1. The Hall–Kier alpha value is -2.71. The number of fused-ring (bicyclic) bond motifs is 2. The third-order valence-electron chi connectivity index (χ3n) is 5.78. The van der Waals surface area contributed by atoms with Crippen molar-refractivity contribution < 1.29 is 14.6 Å². The first-order chi connectivity index (χ1) is 13.1. The van der Waals surface area contributed by atoms with Gasteiger partial charge < -0.3 is 24.9 Å². The fourth-order valence-corrected chi connectivity index (χ4v) is 4.27. The first-order valence-corrected chi connectivity index (χ1v) is 8.99. The number of rotatable bonds is 5. The summed E-state index contributed by atoms with van der Waals surface area (Å²) in [6.07, 6.45) is 4.44. The molecule has 2 aliphatic carbocycles. The molecule has 3 N–H and O–H groups in total. The smallest absolute Gasteiger partial charge is 0.165 e. The van der Waals surface area contributed by atoms with Crippen molar-refractivity contribution in [2.75, 3.05) is 12.8 Å². The average molecular weight is 367 g/mol. The van der Waals surface area contributed by atoms with Crippen molar-refractivity contribution in [2.45, 2.75) is 37.2 Å². The maximum atomic E-state index is 10.7. The van der Waals surface area contributed by atoms with Gasteiger partial charge >= 0.3 is 0 Å². The molecule has 2 fully saturated rings. The standard InChI is InChI=1S/C19H21N5O3/c1-26-12-4-2-11(3-5-12)8-27-14-7-19(25)6-13(19)16(14)24-10-23-15-17(20)21-9-22-18(15)24/h2-5,9-10,13-14,16,25H,6-8H2,1H3,(H2,20,21,22)/t13-,14+,16-,19+/m1/s1. The van der Waals surface area contributed by atoms with E-state index in [1.54, 1.807) is 13.4 Å². The van der Waals surface area contributed by atoms with Crippen molar-refractivity contribution in [1.82, 2.24) is 19.5 Å². The quantitative estimate of drug-likeness (QED) is 0.706. The highest BCUT2D eigenvalue weighted by Gasteiger charge is 2.66. The Labute approximate surface area is 156 Å². The van der Waals surface area contributed by atoms with Gasteiger partial charge in [-0.15, -0.1) is 0 Å². The van der Waals surface area contributed by atoms with Crippen LogP contribution in [0, 0.1) is 5.92 Å². The first kappa shape index (κ1) is 16.5. The normalized spacial score (nSPS) is 29.0. The van der Waals surface area contributed by atoms with Gasteiger partial charge in [-0.3, -0.25) is 0 Å². The number of aliphatic hydroxyl groups is 1. The summed E-state index contributed by atoms with van der Waals surface area (Å²) in [5.74, 6) is 1.32. The molecule has 0 aliphatic heterocycles. The molecule has 0 unspecified atom stereocenters. The SMILES string of the molecule is COc1ccc(CO[C@H]2C[C@@]3(O)C[C@@H]3[C@H]2n2cnc3c(N)ncnc32)cc1. The van der Waals surface area contributed by atoms with Crippen LogP contribution in [0.3, 0.4) is 0 Å². The molecule has 1 aromatic carbocycles. The third-order valence-corrected chi connectivity index (χ3v) is 5.78. The number of nitrogens with zero attached hydrogens (tertiary/aromatic N) is 4. The summed E-state index contributed by atoms with van der Waals surface area (Å²) in [6.45, 7) is 0.470. The summed E-state index contributed by atoms with van der Waals surface area (Å²) in [5.41, 5.74) is 7.59. The predicted octanol–water partition coefficient (Wildman–Crippen LogP) is 1.70. The molecule has 3 aromatic rings. The molecule has 0 spiro atoms. The largest absolute Gasteiger partial charge is 0.497 e. The van der Waals surface area contributed by atoms with E-state index in [-0.39, 0.29) is 18.1 Å². The van der Waals surface area contributed by atoms with Crippen molar-refractivity contribution in [1.29, 1.82) is 0 Å². The molecule has 0 saturated heterocycles.